The van der Waals surface area contributed by atoms with Crippen LogP contribution in [0.5, 0.6) is 0 Å². The van der Waals surface area contributed by atoms with E-state index in [9.17, 15) is 16.8 Å². The van der Waals surface area contributed by atoms with Gasteiger partial charge in [-0.05, 0) is 25.7 Å². The van der Waals surface area contributed by atoms with Gasteiger partial charge in [0.15, 0.2) is 0 Å². The van der Waals surface area contributed by atoms with Crippen molar-refractivity contribution in [2.24, 2.45) is 5.73 Å². The number of nitrogens with two attached hydrogens (primary N) is 1. The molecule has 18 heavy (non-hydrogen) atoms. The lowest BCUT2D eigenvalue weighted by Crippen LogP contribution is -2.48. The van der Waals surface area contributed by atoms with E-state index in [2.05, 4.69) is 0 Å². The van der Waals surface area contributed by atoms with E-state index in [-0.39, 0.29) is 30.4 Å². The van der Waals surface area contributed by atoms with Crippen LogP contribution < -0.4 is 5.73 Å². The molecule has 8 heteroatoms. The lowest BCUT2D eigenvalue weighted by Gasteiger charge is -2.33. The van der Waals surface area contributed by atoms with E-state index in [1.54, 1.807) is 0 Å². The summed E-state index contributed by atoms with van der Waals surface area (Å²) >= 11 is 0. The van der Waals surface area contributed by atoms with Crippen molar-refractivity contribution < 1.29 is 16.8 Å². The molecule has 0 aliphatic carbocycles. The third kappa shape index (κ3) is 3.04. The molecular weight excluding hydrogens is 276 g/mol. The molecule has 106 valence electrons. The number of sulfonamides is 1. The van der Waals surface area contributed by atoms with E-state index in [0.29, 0.717) is 25.9 Å². The fourth-order valence-electron chi connectivity index (χ4n) is 2.51. The van der Waals surface area contributed by atoms with Crippen LogP contribution in [0.15, 0.2) is 0 Å². The number of rotatable bonds is 2. The summed E-state index contributed by atoms with van der Waals surface area (Å²) in [6.45, 7) is 0.930. The summed E-state index contributed by atoms with van der Waals surface area (Å²) in [7, 11) is -6.36. The van der Waals surface area contributed by atoms with E-state index in [1.165, 1.54) is 4.31 Å². The zero-order valence-corrected chi connectivity index (χ0v) is 11.9. The number of hydrogen-bond acceptors (Lipinski definition) is 5. The first kappa shape index (κ1) is 14.2. The SMILES string of the molecule is NC1CCN(S(=O)(=O)C2CCS(=O)(=O)CC2)CC1. The smallest absolute Gasteiger partial charge is 0.217 e. The van der Waals surface area contributed by atoms with Crippen molar-refractivity contribution in [3.8, 4) is 0 Å². The molecule has 0 aromatic rings. The van der Waals surface area contributed by atoms with Gasteiger partial charge in [-0.2, -0.15) is 0 Å². The van der Waals surface area contributed by atoms with Crippen LogP contribution in [0, 0.1) is 0 Å². The second-order valence-corrected chi connectivity index (χ2v) is 9.65. The van der Waals surface area contributed by atoms with Crippen LogP contribution in [0.25, 0.3) is 0 Å². The summed E-state index contributed by atoms with van der Waals surface area (Å²) in [6, 6.07) is 0.0863. The maximum Gasteiger partial charge on any atom is 0.217 e. The molecule has 0 aromatic heterocycles. The summed E-state index contributed by atoms with van der Waals surface area (Å²) in [5.74, 6) is -0.0193. The van der Waals surface area contributed by atoms with Gasteiger partial charge in [0, 0.05) is 19.1 Å². The molecule has 2 aliphatic rings. The minimum atomic E-state index is -3.35. The Labute approximate surface area is 108 Å². The van der Waals surface area contributed by atoms with Gasteiger partial charge >= 0.3 is 0 Å². The van der Waals surface area contributed by atoms with Gasteiger partial charge in [0.05, 0.1) is 16.8 Å². The third-order valence-corrected chi connectivity index (χ3v) is 7.90. The van der Waals surface area contributed by atoms with E-state index < -0.39 is 25.1 Å². The Morgan fingerprint density at radius 3 is 2.00 bits per heavy atom. The van der Waals surface area contributed by atoms with E-state index in [4.69, 9.17) is 5.73 Å². The van der Waals surface area contributed by atoms with E-state index in [1.807, 2.05) is 0 Å². The molecule has 0 spiro atoms. The first-order chi connectivity index (χ1) is 8.31. The molecule has 6 nitrogen and oxygen atoms in total. The number of nitrogens with zero attached hydrogens (tertiary/aromatic N) is 1. The fourth-order valence-corrected chi connectivity index (χ4v) is 6.27. The van der Waals surface area contributed by atoms with Crippen molar-refractivity contribution in [1.29, 1.82) is 0 Å². The normalized spacial score (nSPS) is 28.3. The van der Waals surface area contributed by atoms with Crippen LogP contribution in [-0.4, -0.2) is 57.0 Å². The summed E-state index contributed by atoms with van der Waals surface area (Å²) in [5.41, 5.74) is 5.75. The molecule has 0 bridgehead atoms. The Hall–Kier alpha value is -0.180. The summed E-state index contributed by atoms with van der Waals surface area (Å²) < 4.78 is 48.8. The van der Waals surface area contributed by atoms with Crippen molar-refractivity contribution in [2.75, 3.05) is 24.6 Å². The molecule has 2 heterocycles. The summed E-state index contributed by atoms with van der Waals surface area (Å²) in [5, 5.41) is -0.532. The summed E-state index contributed by atoms with van der Waals surface area (Å²) in [6.07, 6.45) is 1.83. The predicted octanol–water partition coefficient (Wildman–Crippen LogP) is -0.683. The number of hydrogen-bond donors (Lipinski definition) is 1. The monoisotopic (exact) mass is 296 g/mol. The highest BCUT2D eigenvalue weighted by molar-refractivity contribution is 7.92. The molecule has 0 amide bonds. The van der Waals surface area contributed by atoms with Crippen LogP contribution in [0.2, 0.25) is 0 Å². The summed E-state index contributed by atoms with van der Waals surface area (Å²) in [4.78, 5) is 0. The highest BCUT2D eigenvalue weighted by atomic mass is 32.2. The van der Waals surface area contributed by atoms with Gasteiger partial charge in [0.1, 0.15) is 9.84 Å². The van der Waals surface area contributed by atoms with Crippen molar-refractivity contribution in [1.82, 2.24) is 4.31 Å². The molecule has 2 fully saturated rings. The van der Waals surface area contributed by atoms with Crippen LogP contribution in [0.1, 0.15) is 25.7 Å². The molecular formula is C10H20N2O4S2. The predicted molar refractivity (Wildman–Crippen MR) is 69.4 cm³/mol. The lowest BCUT2D eigenvalue weighted by molar-refractivity contribution is 0.315. The zero-order chi connectivity index (χ0) is 13.4. The first-order valence-corrected chi connectivity index (χ1v) is 9.59. The van der Waals surface area contributed by atoms with Crippen molar-refractivity contribution in [3.05, 3.63) is 0 Å². The topological polar surface area (TPSA) is 97.5 Å². The Morgan fingerprint density at radius 2 is 1.50 bits per heavy atom. The maximum absolute atomic E-state index is 12.3. The van der Waals surface area contributed by atoms with Gasteiger partial charge in [-0.15, -0.1) is 0 Å². The molecule has 0 aromatic carbocycles. The Morgan fingerprint density at radius 1 is 1.00 bits per heavy atom. The molecule has 0 atom stereocenters. The van der Waals surface area contributed by atoms with Gasteiger partial charge in [0.2, 0.25) is 10.0 Å². The Balaban J connectivity index is 2.03. The Bertz CT molecular complexity index is 478. The van der Waals surface area contributed by atoms with Crippen molar-refractivity contribution in [2.45, 2.75) is 37.0 Å². The number of sulfone groups is 1. The van der Waals surface area contributed by atoms with E-state index in [0.717, 1.165) is 0 Å². The molecule has 2 saturated heterocycles. The van der Waals surface area contributed by atoms with Crippen LogP contribution in [-0.2, 0) is 19.9 Å². The van der Waals surface area contributed by atoms with Gasteiger partial charge in [-0.3, -0.25) is 0 Å². The Kier molecular flexibility index (Phi) is 4.01. The largest absolute Gasteiger partial charge is 0.328 e. The maximum atomic E-state index is 12.3. The highest BCUT2D eigenvalue weighted by Crippen LogP contribution is 2.24. The average molecular weight is 296 g/mol. The standard InChI is InChI=1S/C10H20N2O4S2/c11-9-1-5-12(6-2-9)18(15,16)10-3-7-17(13,14)8-4-10/h9-10H,1-8,11H2. The van der Waals surface area contributed by atoms with Gasteiger partial charge in [-0.25, -0.2) is 21.1 Å². The fraction of sp³-hybridized carbons (Fsp3) is 1.00. The van der Waals surface area contributed by atoms with Crippen LogP contribution in [0.4, 0.5) is 0 Å². The molecule has 2 aliphatic heterocycles. The molecule has 0 saturated carbocycles. The lowest BCUT2D eigenvalue weighted by atomic mass is 10.1. The number of piperidine rings is 1. The van der Waals surface area contributed by atoms with Crippen LogP contribution >= 0.6 is 0 Å². The first-order valence-electron chi connectivity index (χ1n) is 6.26. The van der Waals surface area contributed by atoms with Gasteiger partial charge < -0.3 is 5.73 Å². The van der Waals surface area contributed by atoms with Crippen molar-refractivity contribution in [3.63, 3.8) is 0 Å². The second-order valence-electron chi connectivity index (χ2n) is 5.13. The van der Waals surface area contributed by atoms with Gasteiger partial charge in [-0.1, -0.05) is 0 Å². The average Bonchev–Trinajstić information content (AvgIpc) is 2.29. The molecule has 0 unspecified atom stereocenters. The third-order valence-electron chi connectivity index (χ3n) is 3.78. The minimum Gasteiger partial charge on any atom is -0.328 e. The minimum absolute atomic E-state index is 0.00967. The van der Waals surface area contributed by atoms with Crippen molar-refractivity contribution >= 4 is 19.9 Å². The molecule has 2 rings (SSSR count). The quantitative estimate of drug-likeness (QED) is 0.728. The zero-order valence-electron chi connectivity index (χ0n) is 10.3. The molecule has 0 radical (unpaired) electrons. The van der Waals surface area contributed by atoms with Gasteiger partial charge in [0.25, 0.3) is 0 Å². The highest BCUT2D eigenvalue weighted by Gasteiger charge is 2.37. The van der Waals surface area contributed by atoms with E-state index >= 15 is 0 Å². The molecule has 2 N–H and O–H groups in total. The second kappa shape index (κ2) is 5.07. The van der Waals surface area contributed by atoms with Crippen LogP contribution in [0.3, 0.4) is 0 Å².